The van der Waals surface area contributed by atoms with Crippen molar-refractivity contribution in [2.24, 2.45) is 0 Å². The van der Waals surface area contributed by atoms with Gasteiger partial charge in [0.05, 0.1) is 35.1 Å². The van der Waals surface area contributed by atoms with Gasteiger partial charge in [0, 0.05) is 6.07 Å². The maximum Gasteiger partial charge on any atom is 0.335 e. The zero-order valence-electron chi connectivity index (χ0n) is 15.0. The van der Waals surface area contributed by atoms with Crippen LogP contribution in [0.5, 0.6) is 5.75 Å². The summed E-state index contributed by atoms with van der Waals surface area (Å²) in [4.78, 5) is 27.7. The normalized spacial score (nSPS) is 16.0. The van der Waals surface area contributed by atoms with Crippen LogP contribution in [0, 0.1) is 0 Å². The summed E-state index contributed by atoms with van der Waals surface area (Å²) in [6.07, 6.45) is 1.67. The zero-order valence-corrected chi connectivity index (χ0v) is 15.8. The van der Waals surface area contributed by atoms with Gasteiger partial charge < -0.3 is 15.2 Å². The smallest absolute Gasteiger partial charge is 0.335 e. The molecule has 4 rings (SSSR count). The van der Waals surface area contributed by atoms with Crippen molar-refractivity contribution in [3.05, 3.63) is 71.7 Å². The third kappa shape index (κ3) is 3.34. The summed E-state index contributed by atoms with van der Waals surface area (Å²) in [6.45, 7) is 0. The number of benzene rings is 2. The number of hydrogen-bond donors (Lipinski definition) is 2. The molecule has 3 aromatic rings. The van der Waals surface area contributed by atoms with Crippen LogP contribution in [0.2, 0.25) is 0 Å². The van der Waals surface area contributed by atoms with Crippen molar-refractivity contribution in [1.82, 2.24) is 9.55 Å². The third-order valence-electron chi connectivity index (χ3n) is 4.48. The highest BCUT2D eigenvalue weighted by Crippen LogP contribution is 2.42. The van der Waals surface area contributed by atoms with Crippen LogP contribution < -0.4 is 10.1 Å². The largest absolute Gasteiger partial charge is 0.497 e. The van der Waals surface area contributed by atoms with Crippen molar-refractivity contribution in [3.63, 3.8) is 0 Å². The number of methoxy groups -OCH3 is 1. The number of fused-ring (bicyclic) bond motifs is 1. The van der Waals surface area contributed by atoms with Crippen molar-refractivity contribution in [2.75, 3.05) is 18.2 Å². The van der Waals surface area contributed by atoms with E-state index in [-0.39, 0.29) is 22.5 Å². The number of hydrogen-bond acceptors (Lipinski definition) is 5. The monoisotopic (exact) mass is 395 g/mol. The maximum atomic E-state index is 12.1. The highest BCUT2D eigenvalue weighted by Gasteiger charge is 2.29. The summed E-state index contributed by atoms with van der Waals surface area (Å²) in [7, 11) is 1.61. The van der Waals surface area contributed by atoms with Gasteiger partial charge in [-0.1, -0.05) is 18.2 Å². The van der Waals surface area contributed by atoms with Crippen LogP contribution >= 0.6 is 11.8 Å². The number of carboxylic acids is 1. The van der Waals surface area contributed by atoms with Crippen molar-refractivity contribution < 1.29 is 19.4 Å². The predicted molar refractivity (Wildman–Crippen MR) is 106 cm³/mol. The second-order valence-corrected chi connectivity index (χ2v) is 7.31. The number of aromatic carboxylic acids is 1. The SMILES string of the molecule is COc1cccc(-n2cnc3c2[C@H](c2ccc(C(=O)O)cc2)SCC(=O)N3)c1. The number of nitrogens with one attached hydrogen (secondary N) is 1. The number of amides is 1. The first-order valence-electron chi connectivity index (χ1n) is 8.53. The van der Waals surface area contributed by atoms with E-state index >= 15 is 0 Å². The van der Waals surface area contributed by atoms with Gasteiger partial charge in [-0.15, -0.1) is 11.8 Å². The molecule has 1 aliphatic rings. The molecule has 2 heterocycles. The summed E-state index contributed by atoms with van der Waals surface area (Å²) < 4.78 is 7.24. The van der Waals surface area contributed by atoms with Gasteiger partial charge in [-0.2, -0.15) is 0 Å². The van der Waals surface area contributed by atoms with E-state index in [2.05, 4.69) is 10.3 Å². The third-order valence-corrected chi connectivity index (χ3v) is 5.74. The van der Waals surface area contributed by atoms with Crippen LogP contribution in [-0.2, 0) is 4.79 Å². The van der Waals surface area contributed by atoms with Crippen molar-refractivity contribution in [1.29, 1.82) is 0 Å². The van der Waals surface area contributed by atoms with Crippen LogP contribution in [0.25, 0.3) is 5.69 Å². The molecule has 0 spiro atoms. The summed E-state index contributed by atoms with van der Waals surface area (Å²) in [5.41, 5.74) is 2.81. The van der Waals surface area contributed by atoms with E-state index in [0.29, 0.717) is 11.6 Å². The lowest BCUT2D eigenvalue weighted by molar-refractivity contribution is -0.113. The Bertz CT molecular complexity index is 1050. The fourth-order valence-electron chi connectivity index (χ4n) is 3.13. The van der Waals surface area contributed by atoms with E-state index in [9.17, 15) is 9.59 Å². The van der Waals surface area contributed by atoms with Crippen LogP contribution in [0.3, 0.4) is 0 Å². The van der Waals surface area contributed by atoms with Crippen molar-refractivity contribution in [3.8, 4) is 11.4 Å². The minimum absolute atomic E-state index is 0.119. The molecular weight excluding hydrogens is 378 g/mol. The van der Waals surface area contributed by atoms with Gasteiger partial charge in [0.15, 0.2) is 5.82 Å². The van der Waals surface area contributed by atoms with Crippen LogP contribution in [0.15, 0.2) is 54.9 Å². The first kappa shape index (κ1) is 18.1. The number of anilines is 1. The second kappa shape index (κ2) is 7.40. The summed E-state index contributed by atoms with van der Waals surface area (Å²) in [6, 6.07) is 14.3. The molecule has 1 atom stereocenters. The molecule has 1 amide bonds. The molecule has 7 nitrogen and oxygen atoms in total. The fraction of sp³-hybridized carbons (Fsp3) is 0.150. The molecule has 0 saturated heterocycles. The molecule has 0 aliphatic carbocycles. The number of carbonyl (C=O) groups is 2. The van der Waals surface area contributed by atoms with Crippen LogP contribution in [-0.4, -0.2) is 39.4 Å². The Hall–Kier alpha value is -3.26. The Morgan fingerprint density at radius 2 is 2.07 bits per heavy atom. The lowest BCUT2D eigenvalue weighted by Gasteiger charge is -2.18. The number of carboxylic acid groups (broad SMARTS) is 1. The highest BCUT2D eigenvalue weighted by atomic mass is 32.2. The van der Waals surface area contributed by atoms with Crippen LogP contribution in [0.4, 0.5) is 5.82 Å². The summed E-state index contributed by atoms with van der Waals surface area (Å²) in [5, 5.41) is 11.8. The van der Waals surface area contributed by atoms with E-state index < -0.39 is 5.97 Å². The molecular formula is C20H17N3O4S. The Morgan fingerprint density at radius 1 is 1.29 bits per heavy atom. The molecule has 1 aromatic heterocycles. The van der Waals surface area contributed by atoms with E-state index in [1.807, 2.05) is 28.8 Å². The van der Waals surface area contributed by atoms with Gasteiger partial charge in [0.1, 0.15) is 12.1 Å². The van der Waals surface area contributed by atoms with Crippen LogP contribution in [0.1, 0.15) is 26.9 Å². The molecule has 0 saturated carbocycles. The van der Waals surface area contributed by atoms with E-state index in [0.717, 1.165) is 16.9 Å². The maximum absolute atomic E-state index is 12.1. The lowest BCUT2D eigenvalue weighted by Crippen LogP contribution is -2.12. The first-order valence-corrected chi connectivity index (χ1v) is 9.58. The molecule has 0 radical (unpaired) electrons. The fourth-order valence-corrected chi connectivity index (χ4v) is 4.25. The minimum atomic E-state index is -0.973. The Kier molecular flexibility index (Phi) is 4.79. The Morgan fingerprint density at radius 3 is 2.79 bits per heavy atom. The number of thioether (sulfide) groups is 1. The molecule has 0 fully saturated rings. The molecule has 142 valence electrons. The molecule has 0 bridgehead atoms. The zero-order chi connectivity index (χ0) is 19.7. The molecule has 8 heteroatoms. The first-order chi connectivity index (χ1) is 13.6. The Balaban J connectivity index is 1.83. The topological polar surface area (TPSA) is 93.5 Å². The van der Waals surface area contributed by atoms with Gasteiger partial charge >= 0.3 is 5.97 Å². The average molecular weight is 395 g/mol. The number of imidazole rings is 1. The standard InChI is InChI=1S/C20H17N3O4S/c1-27-15-4-2-3-14(9-15)23-11-21-19-17(23)18(28-10-16(24)22-19)12-5-7-13(8-6-12)20(25)26/h2-9,11,18H,10H2,1H3,(H,22,24)(H,25,26)/t18-/m0/s1. The van der Waals surface area contributed by atoms with Gasteiger partial charge in [-0.25, -0.2) is 9.78 Å². The van der Waals surface area contributed by atoms with E-state index in [1.54, 1.807) is 37.7 Å². The van der Waals surface area contributed by atoms with E-state index in [1.165, 1.54) is 11.8 Å². The number of rotatable bonds is 4. The summed E-state index contributed by atoms with van der Waals surface area (Å²) >= 11 is 1.47. The average Bonchev–Trinajstić information content (AvgIpc) is 3.04. The summed E-state index contributed by atoms with van der Waals surface area (Å²) in [5.74, 6) is 0.406. The number of ether oxygens (including phenoxy) is 1. The predicted octanol–water partition coefficient (Wildman–Crippen LogP) is 3.35. The Labute approximate surface area is 165 Å². The van der Waals surface area contributed by atoms with Crippen molar-refractivity contribution >= 4 is 29.5 Å². The lowest BCUT2D eigenvalue weighted by atomic mass is 10.1. The number of carbonyl (C=O) groups excluding carboxylic acids is 1. The van der Waals surface area contributed by atoms with Gasteiger partial charge in [-0.3, -0.25) is 9.36 Å². The highest BCUT2D eigenvalue weighted by molar-refractivity contribution is 8.00. The second-order valence-electron chi connectivity index (χ2n) is 6.22. The van der Waals surface area contributed by atoms with Gasteiger partial charge in [-0.05, 0) is 29.8 Å². The molecule has 2 N–H and O–H groups in total. The van der Waals surface area contributed by atoms with Gasteiger partial charge in [0.2, 0.25) is 5.91 Å². The number of nitrogens with zero attached hydrogens (tertiary/aromatic N) is 2. The molecule has 2 aromatic carbocycles. The van der Waals surface area contributed by atoms with E-state index in [4.69, 9.17) is 9.84 Å². The quantitative estimate of drug-likeness (QED) is 0.704. The molecule has 1 aliphatic heterocycles. The van der Waals surface area contributed by atoms with Gasteiger partial charge in [0.25, 0.3) is 0 Å². The van der Waals surface area contributed by atoms with Crippen molar-refractivity contribution in [2.45, 2.75) is 5.25 Å². The number of aromatic nitrogens is 2. The molecule has 28 heavy (non-hydrogen) atoms. The minimum Gasteiger partial charge on any atom is -0.497 e. The molecule has 0 unspecified atom stereocenters.